The Balaban J connectivity index is 2.75. The number of ether oxygens (including phenoxy) is 1. The molecule has 0 aliphatic heterocycles. The van der Waals surface area contributed by atoms with Crippen molar-refractivity contribution in [3.8, 4) is 0 Å². The minimum Gasteiger partial charge on any atom is -0.465 e. The van der Waals surface area contributed by atoms with Crippen molar-refractivity contribution in [3.63, 3.8) is 0 Å². The molecule has 0 heterocycles. The minimum absolute atomic E-state index is 0.200. The maximum absolute atomic E-state index is 11.9. The van der Waals surface area contributed by atoms with Crippen molar-refractivity contribution in [2.45, 2.75) is 30.4 Å². The van der Waals surface area contributed by atoms with Gasteiger partial charge >= 0.3 is 5.97 Å². The van der Waals surface area contributed by atoms with Crippen LogP contribution in [-0.2, 0) is 14.3 Å². The summed E-state index contributed by atoms with van der Waals surface area (Å²) in [5.74, 6) is -0.680. The first kappa shape index (κ1) is 15.1. The molecule has 0 aromatic heterocycles. The Morgan fingerprint density at radius 3 is 2.39 bits per heavy atom. The minimum atomic E-state index is -1.16. The third kappa shape index (κ3) is 3.78. The van der Waals surface area contributed by atoms with Crippen LogP contribution in [-0.4, -0.2) is 23.1 Å². The van der Waals surface area contributed by atoms with E-state index in [-0.39, 0.29) is 12.4 Å². The van der Waals surface area contributed by atoms with Gasteiger partial charge in [0.25, 0.3) is 0 Å². The quantitative estimate of drug-likeness (QED) is 0.455. The van der Waals surface area contributed by atoms with Crippen LogP contribution in [0.15, 0.2) is 35.2 Å². The van der Waals surface area contributed by atoms with E-state index < -0.39 is 10.7 Å². The molecule has 0 saturated heterocycles. The van der Waals surface area contributed by atoms with E-state index in [2.05, 4.69) is 0 Å². The highest BCUT2D eigenvalue weighted by Gasteiger charge is 2.41. The summed E-state index contributed by atoms with van der Waals surface area (Å²) in [5, 5.41) is 0. The molecule has 0 radical (unpaired) electrons. The Kier molecular flexibility index (Phi) is 5.75. The van der Waals surface area contributed by atoms with E-state index in [1.165, 1.54) is 28.5 Å². The van der Waals surface area contributed by atoms with E-state index in [1.807, 2.05) is 30.3 Å². The lowest BCUT2D eigenvalue weighted by Gasteiger charge is -2.22. The first-order valence-electron chi connectivity index (χ1n) is 5.59. The van der Waals surface area contributed by atoms with Crippen LogP contribution in [0.25, 0.3) is 0 Å². The first-order valence-corrected chi connectivity index (χ1v) is 7.74. The van der Waals surface area contributed by atoms with Crippen molar-refractivity contribution in [1.29, 1.82) is 0 Å². The average Bonchev–Trinajstić information content (AvgIpc) is 2.37. The van der Waals surface area contributed by atoms with E-state index in [0.29, 0.717) is 0 Å². The molecule has 0 fully saturated rings. The van der Waals surface area contributed by atoms with Gasteiger partial charge in [-0.05, 0) is 32.9 Å². The molecule has 0 N–H and O–H groups in total. The van der Waals surface area contributed by atoms with Gasteiger partial charge in [0, 0.05) is 4.90 Å². The lowest BCUT2D eigenvalue weighted by molar-refractivity contribution is -0.148. The summed E-state index contributed by atoms with van der Waals surface area (Å²) < 4.78 is 3.81. The molecule has 0 saturated carbocycles. The molecule has 0 amide bonds. The molecule has 1 aromatic rings. The predicted octanol–water partition coefficient (Wildman–Crippen LogP) is 3.34. The number of hydrogen-bond donors (Lipinski definition) is 0. The Labute approximate surface area is 115 Å². The molecule has 1 rings (SSSR count). The van der Waals surface area contributed by atoms with Crippen LogP contribution < -0.4 is 0 Å². The highest BCUT2D eigenvalue weighted by Crippen LogP contribution is 2.42. The normalized spacial score (nSPS) is 13.7. The summed E-state index contributed by atoms with van der Waals surface area (Å²) in [7, 11) is 2.63. The van der Waals surface area contributed by atoms with Crippen molar-refractivity contribution >= 4 is 33.3 Å². The smallest absolute Gasteiger partial charge is 0.330 e. The molecule has 1 atom stereocenters. The van der Waals surface area contributed by atoms with Gasteiger partial charge in [0.1, 0.15) is 0 Å². The van der Waals surface area contributed by atoms with Gasteiger partial charge in [0.15, 0.2) is 10.5 Å². The Morgan fingerprint density at radius 2 is 1.89 bits per heavy atom. The number of esters is 1. The summed E-state index contributed by atoms with van der Waals surface area (Å²) in [4.78, 5) is 24.5. The largest absolute Gasteiger partial charge is 0.465 e. The number of Topliss-reactive ketones (excluding diaryl/α,β-unsaturated/α-hetero) is 1. The molecule has 18 heavy (non-hydrogen) atoms. The average molecular weight is 284 g/mol. The highest BCUT2D eigenvalue weighted by molar-refractivity contribution is 8.77. The Bertz CT molecular complexity index is 420. The van der Waals surface area contributed by atoms with Gasteiger partial charge in [-0.1, -0.05) is 39.8 Å². The maximum Gasteiger partial charge on any atom is 0.330 e. The number of carbonyl (C=O) groups excluding carboxylic acids is 2. The van der Waals surface area contributed by atoms with Crippen molar-refractivity contribution in [2.75, 3.05) is 6.61 Å². The SMILES string of the molecule is CCOC(=O)C(C)(SSc1ccccc1)C(C)=O. The van der Waals surface area contributed by atoms with Gasteiger partial charge in [-0.15, -0.1) is 0 Å². The number of ketones is 1. The van der Waals surface area contributed by atoms with E-state index >= 15 is 0 Å². The van der Waals surface area contributed by atoms with Gasteiger partial charge in [-0.2, -0.15) is 0 Å². The fourth-order valence-electron chi connectivity index (χ4n) is 1.11. The summed E-state index contributed by atoms with van der Waals surface area (Å²) in [6.07, 6.45) is 0. The molecular formula is C13H16O3S2. The van der Waals surface area contributed by atoms with Crippen molar-refractivity contribution < 1.29 is 14.3 Å². The zero-order valence-corrected chi connectivity index (χ0v) is 12.3. The second-order valence-electron chi connectivity index (χ2n) is 3.79. The van der Waals surface area contributed by atoms with Crippen LogP contribution in [0.1, 0.15) is 20.8 Å². The molecule has 0 bridgehead atoms. The van der Waals surface area contributed by atoms with Crippen molar-refractivity contribution in [1.82, 2.24) is 0 Å². The molecule has 5 heteroatoms. The van der Waals surface area contributed by atoms with E-state index in [4.69, 9.17) is 4.74 Å². The van der Waals surface area contributed by atoms with E-state index in [0.717, 1.165) is 4.90 Å². The maximum atomic E-state index is 11.9. The van der Waals surface area contributed by atoms with Gasteiger partial charge < -0.3 is 4.74 Å². The molecular weight excluding hydrogens is 268 g/mol. The number of benzene rings is 1. The van der Waals surface area contributed by atoms with Crippen LogP contribution in [0.4, 0.5) is 0 Å². The van der Waals surface area contributed by atoms with Crippen molar-refractivity contribution in [2.24, 2.45) is 0 Å². The van der Waals surface area contributed by atoms with Crippen LogP contribution in [0.2, 0.25) is 0 Å². The zero-order chi connectivity index (χ0) is 13.6. The summed E-state index contributed by atoms with van der Waals surface area (Å²) in [6.45, 7) is 5.02. The standard InChI is InChI=1S/C13H16O3S2/c1-4-16-12(15)13(3,10(2)14)18-17-11-8-6-5-7-9-11/h5-9H,4H2,1-3H3. The fourth-order valence-corrected chi connectivity index (χ4v) is 3.57. The molecule has 0 spiro atoms. The summed E-state index contributed by atoms with van der Waals surface area (Å²) in [5.41, 5.74) is 0. The fraction of sp³-hybridized carbons (Fsp3) is 0.385. The highest BCUT2D eigenvalue weighted by atomic mass is 33.1. The first-order chi connectivity index (χ1) is 8.50. The Morgan fingerprint density at radius 1 is 1.28 bits per heavy atom. The lowest BCUT2D eigenvalue weighted by atomic mass is 10.1. The van der Waals surface area contributed by atoms with E-state index in [1.54, 1.807) is 13.8 Å². The molecule has 1 aromatic carbocycles. The molecule has 3 nitrogen and oxygen atoms in total. The monoisotopic (exact) mass is 284 g/mol. The van der Waals surface area contributed by atoms with Gasteiger partial charge in [0.05, 0.1) is 6.61 Å². The lowest BCUT2D eigenvalue weighted by Crippen LogP contribution is -2.39. The third-order valence-electron chi connectivity index (χ3n) is 2.38. The van der Waals surface area contributed by atoms with Crippen LogP contribution in [0.3, 0.4) is 0 Å². The molecule has 0 aliphatic rings. The number of rotatable bonds is 6. The Hall–Kier alpha value is -0.940. The molecule has 98 valence electrons. The third-order valence-corrected chi connectivity index (χ3v) is 5.55. The van der Waals surface area contributed by atoms with Crippen LogP contribution in [0, 0.1) is 0 Å². The second-order valence-corrected chi connectivity index (χ2v) is 6.41. The van der Waals surface area contributed by atoms with Crippen molar-refractivity contribution in [3.05, 3.63) is 30.3 Å². The molecule has 0 aliphatic carbocycles. The number of hydrogen-bond acceptors (Lipinski definition) is 5. The van der Waals surface area contributed by atoms with E-state index in [9.17, 15) is 9.59 Å². The predicted molar refractivity (Wildman–Crippen MR) is 75.6 cm³/mol. The van der Waals surface area contributed by atoms with Crippen LogP contribution in [0.5, 0.6) is 0 Å². The topological polar surface area (TPSA) is 43.4 Å². The van der Waals surface area contributed by atoms with Gasteiger partial charge in [-0.3, -0.25) is 9.59 Å². The second kappa shape index (κ2) is 6.85. The van der Waals surface area contributed by atoms with Gasteiger partial charge in [0.2, 0.25) is 0 Å². The van der Waals surface area contributed by atoms with Gasteiger partial charge in [-0.25, -0.2) is 0 Å². The zero-order valence-electron chi connectivity index (χ0n) is 10.6. The summed E-state index contributed by atoms with van der Waals surface area (Å²) >= 11 is 0. The number of carbonyl (C=O) groups is 2. The molecule has 1 unspecified atom stereocenters. The van der Waals surface area contributed by atoms with Crippen LogP contribution >= 0.6 is 21.6 Å². The summed E-state index contributed by atoms with van der Waals surface area (Å²) in [6, 6.07) is 9.62.